The van der Waals surface area contributed by atoms with Crippen LogP contribution in [0, 0.1) is 0 Å². The molecule has 0 saturated carbocycles. The maximum atomic E-state index is 10.6. The normalized spacial score (nSPS) is 12.4. The lowest BCUT2D eigenvalue weighted by atomic mass is 10.2. The molecule has 0 bridgehead atoms. The van der Waals surface area contributed by atoms with Crippen molar-refractivity contribution in [2.24, 2.45) is 4.99 Å². The number of ketones is 1. The number of Topliss-reactive ketones (excluding diaryl/α,β-unsaturated/α-hetero) is 1. The Hall–Kier alpha value is -0.660. The molecule has 52 valence electrons. The summed E-state index contributed by atoms with van der Waals surface area (Å²) in [7, 11) is 0. The number of carbonyl (C=O) groups excluding carboxylic acids is 1. The van der Waals surface area contributed by atoms with E-state index in [1.807, 2.05) is 13.8 Å². The number of rotatable bonds is 2. The second-order valence-electron chi connectivity index (χ2n) is 2.36. The SMILES string of the molecule is CC(=O)C(C)N=C(C)C. The largest absolute Gasteiger partial charge is 0.298 e. The van der Waals surface area contributed by atoms with Crippen molar-refractivity contribution < 1.29 is 4.79 Å². The van der Waals surface area contributed by atoms with Crippen molar-refractivity contribution in [3.63, 3.8) is 0 Å². The van der Waals surface area contributed by atoms with Crippen molar-refractivity contribution >= 4 is 11.5 Å². The lowest BCUT2D eigenvalue weighted by Crippen LogP contribution is -2.10. The van der Waals surface area contributed by atoms with Crippen molar-refractivity contribution in [3.8, 4) is 0 Å². The molecule has 0 aromatic carbocycles. The molecule has 0 N–H and O–H groups in total. The van der Waals surface area contributed by atoms with Crippen LogP contribution < -0.4 is 0 Å². The highest BCUT2D eigenvalue weighted by Crippen LogP contribution is 1.91. The van der Waals surface area contributed by atoms with Gasteiger partial charge < -0.3 is 0 Å². The first kappa shape index (κ1) is 8.34. The van der Waals surface area contributed by atoms with Crippen LogP contribution in [0.1, 0.15) is 27.7 Å². The average Bonchev–Trinajstić information content (AvgIpc) is 1.63. The highest BCUT2D eigenvalue weighted by molar-refractivity contribution is 5.86. The van der Waals surface area contributed by atoms with Gasteiger partial charge in [-0.2, -0.15) is 0 Å². The van der Waals surface area contributed by atoms with Crippen LogP contribution in [0.3, 0.4) is 0 Å². The van der Waals surface area contributed by atoms with E-state index in [4.69, 9.17) is 0 Å². The van der Waals surface area contributed by atoms with Gasteiger partial charge in [0.05, 0.1) is 0 Å². The molecule has 9 heavy (non-hydrogen) atoms. The summed E-state index contributed by atoms with van der Waals surface area (Å²) in [4.78, 5) is 14.6. The van der Waals surface area contributed by atoms with E-state index in [1.54, 1.807) is 13.8 Å². The first-order valence-electron chi connectivity index (χ1n) is 3.05. The summed E-state index contributed by atoms with van der Waals surface area (Å²) >= 11 is 0. The fourth-order valence-corrected chi connectivity index (χ4v) is 0.478. The highest BCUT2D eigenvalue weighted by atomic mass is 16.1. The van der Waals surface area contributed by atoms with Gasteiger partial charge in [0.2, 0.25) is 0 Å². The third-order valence-electron chi connectivity index (χ3n) is 1.04. The molecule has 0 fully saturated rings. The topological polar surface area (TPSA) is 29.4 Å². The van der Waals surface area contributed by atoms with E-state index in [-0.39, 0.29) is 11.8 Å². The van der Waals surface area contributed by atoms with Gasteiger partial charge in [0.15, 0.2) is 5.78 Å². The highest BCUT2D eigenvalue weighted by Gasteiger charge is 2.02. The molecule has 1 atom stereocenters. The Morgan fingerprint density at radius 2 is 1.78 bits per heavy atom. The minimum Gasteiger partial charge on any atom is -0.298 e. The predicted molar refractivity (Wildman–Crippen MR) is 38.9 cm³/mol. The van der Waals surface area contributed by atoms with Crippen LogP contribution >= 0.6 is 0 Å². The van der Waals surface area contributed by atoms with Gasteiger partial charge in [0.1, 0.15) is 6.04 Å². The first-order valence-corrected chi connectivity index (χ1v) is 3.05. The van der Waals surface area contributed by atoms with Crippen LogP contribution in [0.25, 0.3) is 0 Å². The number of nitrogens with zero attached hydrogens (tertiary/aromatic N) is 1. The summed E-state index contributed by atoms with van der Waals surface area (Å²) in [6.07, 6.45) is 0. The maximum absolute atomic E-state index is 10.6. The zero-order valence-corrected chi connectivity index (χ0v) is 6.43. The summed E-state index contributed by atoms with van der Waals surface area (Å²) in [5.41, 5.74) is 0.956. The summed E-state index contributed by atoms with van der Waals surface area (Å²) < 4.78 is 0. The molecule has 0 rings (SSSR count). The zero-order chi connectivity index (χ0) is 7.44. The Morgan fingerprint density at radius 1 is 1.33 bits per heavy atom. The Bertz CT molecular complexity index is 134. The Morgan fingerprint density at radius 3 is 1.89 bits per heavy atom. The van der Waals surface area contributed by atoms with Gasteiger partial charge in [-0.1, -0.05) is 0 Å². The minimum atomic E-state index is -0.157. The van der Waals surface area contributed by atoms with Gasteiger partial charge in [0, 0.05) is 5.71 Å². The molecule has 0 aliphatic carbocycles. The van der Waals surface area contributed by atoms with Gasteiger partial charge in [-0.15, -0.1) is 0 Å². The van der Waals surface area contributed by atoms with Crippen molar-refractivity contribution in [3.05, 3.63) is 0 Å². The molecule has 0 aromatic heterocycles. The van der Waals surface area contributed by atoms with Gasteiger partial charge in [-0.3, -0.25) is 9.79 Å². The molecule has 0 radical (unpaired) electrons. The van der Waals surface area contributed by atoms with Crippen molar-refractivity contribution in [2.45, 2.75) is 33.7 Å². The van der Waals surface area contributed by atoms with E-state index in [2.05, 4.69) is 4.99 Å². The second kappa shape index (κ2) is 3.38. The fourth-order valence-electron chi connectivity index (χ4n) is 0.478. The number of carbonyl (C=O) groups is 1. The van der Waals surface area contributed by atoms with E-state index in [0.717, 1.165) is 5.71 Å². The molecule has 1 unspecified atom stereocenters. The molecule has 0 aliphatic rings. The van der Waals surface area contributed by atoms with Gasteiger partial charge in [-0.05, 0) is 27.7 Å². The monoisotopic (exact) mass is 127 g/mol. The van der Waals surface area contributed by atoms with E-state index < -0.39 is 0 Å². The summed E-state index contributed by atoms with van der Waals surface area (Å²) in [5, 5.41) is 0. The second-order valence-corrected chi connectivity index (χ2v) is 2.36. The first-order chi connectivity index (χ1) is 4.04. The molecule has 0 heterocycles. The van der Waals surface area contributed by atoms with Crippen LogP contribution in [-0.2, 0) is 4.79 Å². The summed E-state index contributed by atoms with van der Waals surface area (Å²) in [6.45, 7) is 7.13. The smallest absolute Gasteiger partial charge is 0.153 e. The van der Waals surface area contributed by atoms with Crippen LogP contribution in [0.15, 0.2) is 4.99 Å². The predicted octanol–water partition coefficient (Wildman–Crippen LogP) is 1.44. The average molecular weight is 127 g/mol. The van der Waals surface area contributed by atoms with E-state index in [9.17, 15) is 4.79 Å². The third kappa shape index (κ3) is 3.88. The molecule has 0 aliphatic heterocycles. The molecule has 0 saturated heterocycles. The lowest BCUT2D eigenvalue weighted by Gasteiger charge is -1.99. The van der Waals surface area contributed by atoms with Gasteiger partial charge in [0.25, 0.3) is 0 Å². The third-order valence-corrected chi connectivity index (χ3v) is 1.04. The van der Waals surface area contributed by atoms with Crippen molar-refractivity contribution in [1.82, 2.24) is 0 Å². The van der Waals surface area contributed by atoms with Crippen LogP contribution in [0.5, 0.6) is 0 Å². The van der Waals surface area contributed by atoms with E-state index >= 15 is 0 Å². The Kier molecular flexibility index (Phi) is 3.13. The minimum absolute atomic E-state index is 0.121. The maximum Gasteiger partial charge on any atom is 0.153 e. The number of aliphatic imine (C=N–C) groups is 1. The fraction of sp³-hybridized carbons (Fsp3) is 0.714. The van der Waals surface area contributed by atoms with Crippen molar-refractivity contribution in [1.29, 1.82) is 0 Å². The van der Waals surface area contributed by atoms with Gasteiger partial charge >= 0.3 is 0 Å². The Labute approximate surface area is 56.0 Å². The number of hydrogen-bond acceptors (Lipinski definition) is 2. The van der Waals surface area contributed by atoms with Crippen LogP contribution in [0.4, 0.5) is 0 Å². The molecular formula is C7H13NO. The zero-order valence-electron chi connectivity index (χ0n) is 6.43. The van der Waals surface area contributed by atoms with Crippen LogP contribution in [0.2, 0.25) is 0 Å². The van der Waals surface area contributed by atoms with Crippen molar-refractivity contribution in [2.75, 3.05) is 0 Å². The van der Waals surface area contributed by atoms with E-state index in [0.29, 0.717) is 0 Å². The Balaban J connectivity index is 3.91. The molecule has 2 heteroatoms. The quantitative estimate of drug-likeness (QED) is 0.516. The molecule has 0 amide bonds. The summed E-state index contributed by atoms with van der Waals surface area (Å²) in [5.74, 6) is 0.121. The summed E-state index contributed by atoms with van der Waals surface area (Å²) in [6, 6.07) is -0.157. The van der Waals surface area contributed by atoms with Crippen LogP contribution in [-0.4, -0.2) is 17.5 Å². The lowest BCUT2D eigenvalue weighted by molar-refractivity contribution is -0.117. The molecule has 0 spiro atoms. The molecule has 2 nitrogen and oxygen atoms in total. The van der Waals surface area contributed by atoms with Gasteiger partial charge in [-0.25, -0.2) is 0 Å². The molecule has 0 aromatic rings. The molecular weight excluding hydrogens is 114 g/mol. The van der Waals surface area contributed by atoms with E-state index in [1.165, 1.54) is 0 Å². The standard InChI is InChI=1S/C7H13NO/c1-5(2)8-6(3)7(4)9/h6H,1-4H3. The number of hydrogen-bond donors (Lipinski definition) is 0.